The van der Waals surface area contributed by atoms with Crippen molar-refractivity contribution in [2.75, 3.05) is 77.1 Å². The number of piperazine rings is 1. The van der Waals surface area contributed by atoms with E-state index in [-0.39, 0.29) is 47.1 Å². The Morgan fingerprint density at radius 2 is 1.67 bits per heavy atom. The number of carbonyl (C=O) groups is 4. The molecule has 4 amide bonds. The van der Waals surface area contributed by atoms with Gasteiger partial charge in [0.25, 0.3) is 11.8 Å². The highest BCUT2D eigenvalue weighted by atomic mass is 35.5. The fraction of sp³-hybridized carbons (Fsp3) is 0.481. The van der Waals surface area contributed by atoms with Gasteiger partial charge in [-0.15, -0.1) is 0 Å². The molecule has 17 heteroatoms. The van der Waals surface area contributed by atoms with Gasteiger partial charge in [-0.2, -0.15) is 0 Å². The van der Waals surface area contributed by atoms with E-state index in [1.54, 1.807) is 24.4 Å². The van der Waals surface area contributed by atoms with Crippen molar-refractivity contribution in [1.29, 1.82) is 0 Å². The first-order valence-corrected chi connectivity index (χ1v) is 26.2. The minimum absolute atomic E-state index is 0.0336. The third-order valence-corrected chi connectivity index (χ3v) is 15.8. The van der Waals surface area contributed by atoms with Crippen molar-refractivity contribution in [3.63, 3.8) is 0 Å². The van der Waals surface area contributed by atoms with Crippen molar-refractivity contribution in [3.05, 3.63) is 111 Å². The summed E-state index contributed by atoms with van der Waals surface area (Å²) in [7, 11) is -2.51. The molecule has 0 spiro atoms. The second-order valence-electron chi connectivity index (χ2n) is 18.4. The second-order valence-corrected chi connectivity index (χ2v) is 21.6. The molecule has 2 N–H and O–H groups in total. The third kappa shape index (κ3) is 12.7. The van der Waals surface area contributed by atoms with Gasteiger partial charge in [-0.05, 0) is 90.3 Å². The summed E-state index contributed by atoms with van der Waals surface area (Å²) in [5.74, 6) is 4.07. The number of hydrogen-bond acceptors (Lipinski definition) is 12. The van der Waals surface area contributed by atoms with Crippen molar-refractivity contribution >= 4 is 56.3 Å². The van der Waals surface area contributed by atoms with E-state index >= 15 is 0 Å². The molecule has 1 aromatic heterocycles. The van der Waals surface area contributed by atoms with Crippen molar-refractivity contribution in [2.45, 2.75) is 95.4 Å². The topological polar surface area (TPSA) is 173 Å². The molecule has 4 heterocycles. The number of halogens is 1. The summed E-state index contributed by atoms with van der Waals surface area (Å²) < 4.78 is 31.6. The summed E-state index contributed by atoms with van der Waals surface area (Å²) in [6, 6.07) is 16.3. The van der Waals surface area contributed by atoms with Gasteiger partial charge < -0.3 is 29.7 Å². The Labute approximate surface area is 411 Å². The van der Waals surface area contributed by atoms with Crippen LogP contribution in [0, 0.1) is 6.92 Å². The van der Waals surface area contributed by atoms with Gasteiger partial charge in [0.1, 0.15) is 17.6 Å². The van der Waals surface area contributed by atoms with Gasteiger partial charge >= 0.3 is 0 Å². The summed E-state index contributed by atoms with van der Waals surface area (Å²) in [5, 5.41) is 5.94. The van der Waals surface area contributed by atoms with Crippen molar-refractivity contribution < 1.29 is 37.6 Å². The largest absolute Gasteiger partial charge is 0.491 e. The quantitative estimate of drug-likeness (QED) is 0.0563. The molecular weight excluding hydrogens is 918 g/mol. The summed E-state index contributed by atoms with van der Waals surface area (Å²) in [5.41, 5.74) is 6.02. The van der Waals surface area contributed by atoms with Crippen LogP contribution in [0.5, 0.6) is 5.75 Å². The van der Waals surface area contributed by atoms with E-state index in [4.69, 9.17) is 30.8 Å². The van der Waals surface area contributed by atoms with Crippen LogP contribution in [0.4, 0.5) is 5.69 Å². The van der Waals surface area contributed by atoms with Crippen LogP contribution in [0.2, 0.25) is 5.02 Å². The van der Waals surface area contributed by atoms with E-state index in [1.807, 2.05) is 52.0 Å². The molecule has 3 aromatic carbocycles. The van der Waals surface area contributed by atoms with Gasteiger partial charge in [0.05, 0.1) is 54.4 Å². The maximum Gasteiger partial charge on any atom is 0.262 e. The average molecular weight is 985 g/mol. The number of aryl methyl sites for hydroxylation is 2. The average Bonchev–Trinajstić information content (AvgIpc) is 3.58. The number of benzene rings is 3. The van der Waals surface area contributed by atoms with E-state index in [9.17, 15) is 23.4 Å². The number of anilines is 1. The highest BCUT2D eigenvalue weighted by Crippen LogP contribution is 2.34. The van der Waals surface area contributed by atoms with E-state index in [1.165, 1.54) is 0 Å². The Kier molecular flexibility index (Phi) is 17.5. The molecule has 2 fully saturated rings. The third-order valence-electron chi connectivity index (χ3n) is 12.8. The highest BCUT2D eigenvalue weighted by molar-refractivity contribution is 8.00. The minimum atomic E-state index is -2.51. The molecule has 2 saturated heterocycles. The number of nitrogens with one attached hydrogen (secondary N) is 2. The smallest absolute Gasteiger partial charge is 0.262 e. The number of hydrogen-bond donors (Lipinski definition) is 2. The Bertz CT molecular complexity index is 2620. The molecule has 0 saturated carbocycles. The predicted molar refractivity (Wildman–Crippen MR) is 269 cm³/mol. The van der Waals surface area contributed by atoms with Gasteiger partial charge in [-0.1, -0.05) is 55.8 Å². The van der Waals surface area contributed by atoms with E-state index in [2.05, 4.69) is 50.3 Å². The molecule has 3 aliphatic rings. The van der Waals surface area contributed by atoms with Crippen LogP contribution in [0.1, 0.15) is 101 Å². The fourth-order valence-corrected chi connectivity index (χ4v) is 10.6. The highest BCUT2D eigenvalue weighted by Gasteiger charge is 2.44. The van der Waals surface area contributed by atoms with Crippen LogP contribution >= 0.6 is 11.6 Å². The van der Waals surface area contributed by atoms with Crippen molar-refractivity contribution in [2.24, 2.45) is 0 Å². The number of fused-ring (bicyclic) bond motifs is 1. The van der Waals surface area contributed by atoms with Crippen LogP contribution < -0.4 is 20.3 Å². The Morgan fingerprint density at radius 1 is 0.928 bits per heavy atom. The first kappa shape index (κ1) is 51.5. The Hall–Kier alpha value is -5.39. The lowest BCUT2D eigenvalue weighted by molar-refractivity contribution is -0.126. The minimum Gasteiger partial charge on any atom is -0.491 e. The van der Waals surface area contributed by atoms with Crippen LogP contribution in [-0.4, -0.2) is 143 Å². The summed E-state index contributed by atoms with van der Waals surface area (Å²) in [6.45, 7) is 17.0. The molecule has 4 aromatic rings. The Balaban J connectivity index is 0.811. The number of nitrogens with zero attached hydrogens (tertiary/aromatic N) is 5. The zero-order chi connectivity index (χ0) is 49.2. The zero-order valence-corrected chi connectivity index (χ0v) is 42.1. The number of piperidine rings is 1. The predicted octanol–water partition coefficient (Wildman–Crippen LogP) is 5.67. The number of rotatable bonds is 22. The number of carbonyl (C=O) groups excluding carboxylic acids is 4. The monoisotopic (exact) mass is 983 g/mol. The van der Waals surface area contributed by atoms with Crippen LogP contribution in [0.15, 0.2) is 65.7 Å². The van der Waals surface area contributed by atoms with Gasteiger partial charge in [-0.3, -0.25) is 33.2 Å². The second kappa shape index (κ2) is 23.5. The van der Waals surface area contributed by atoms with Gasteiger partial charge in [-0.25, -0.2) is 9.97 Å². The van der Waals surface area contributed by atoms with Crippen LogP contribution in [-0.2, 0) is 47.8 Å². The first-order valence-electron chi connectivity index (χ1n) is 24.0. The maximum absolute atomic E-state index is 13.6. The normalized spacial score (nSPS) is 17.3. The molecular formula is C52H66ClN7O8S. The molecule has 370 valence electrons. The fourth-order valence-electron chi connectivity index (χ4n) is 9.02. The van der Waals surface area contributed by atoms with Crippen LogP contribution in [0.25, 0.3) is 0 Å². The number of amides is 4. The van der Waals surface area contributed by atoms with Gasteiger partial charge in [0.2, 0.25) is 11.8 Å². The molecule has 2 atom stereocenters. The molecule has 0 radical (unpaired) electrons. The summed E-state index contributed by atoms with van der Waals surface area (Å²) in [6.07, 6.45) is 4.04. The lowest BCUT2D eigenvalue weighted by Gasteiger charge is -2.37. The number of ether oxygens (including phenoxy) is 3. The standard InChI is InChI=1S/C52H66ClN7O8S/c1-34(2)68-45-32-44(36(5)29-39(45)31-47-56-33-41(53)42(57-47)30-38-11-7-8-15-46(38)69(6,65)35(3)4)59-22-20-58(21-23-59)24-26-67-28-27-66-25-19-54-48(61)17-16-37-12-9-13-40-49(37)52(64)60(51(40)63)43-14-10-18-55-50(43)62/h7-9,11-13,15,29,32-35,43H,6,10,14,16-28,30-31H2,1-5H3,(H,54,61)(H,55,62). The SMILES string of the molecule is C=S(=O)(c1ccccc1Cc1nc(Cc2cc(C)c(N3CCN(CCOCCOCCNC(=O)CCc4cccc5c4C(=O)N(C4CCCNC4=O)C5=O)CC3)cc2OC(C)C)ncc1Cl)C(C)C. The summed E-state index contributed by atoms with van der Waals surface area (Å²) in [4.78, 5) is 67.7. The molecule has 0 aliphatic carbocycles. The number of aromatic nitrogens is 2. The molecule has 15 nitrogen and oxygen atoms in total. The molecule has 2 unspecified atom stereocenters. The Morgan fingerprint density at radius 3 is 2.41 bits per heavy atom. The molecule has 0 bridgehead atoms. The lowest BCUT2D eigenvalue weighted by atomic mass is 9.99. The van der Waals surface area contributed by atoms with Gasteiger partial charge in [0.15, 0.2) is 0 Å². The lowest BCUT2D eigenvalue weighted by Crippen LogP contribution is -2.52. The van der Waals surface area contributed by atoms with Crippen LogP contribution in [0.3, 0.4) is 0 Å². The van der Waals surface area contributed by atoms with E-state index in [0.29, 0.717) is 87.3 Å². The van der Waals surface area contributed by atoms with E-state index < -0.39 is 27.4 Å². The van der Waals surface area contributed by atoms with Crippen molar-refractivity contribution in [3.8, 4) is 5.75 Å². The maximum atomic E-state index is 13.6. The molecule has 7 rings (SSSR count). The van der Waals surface area contributed by atoms with E-state index in [0.717, 1.165) is 70.6 Å². The first-order chi connectivity index (χ1) is 33.1. The number of imide groups is 1. The van der Waals surface area contributed by atoms with Crippen molar-refractivity contribution in [1.82, 2.24) is 30.4 Å². The van der Waals surface area contributed by atoms with Gasteiger partial charge in [0, 0.05) is 98.7 Å². The molecule has 69 heavy (non-hydrogen) atoms. The molecule has 3 aliphatic heterocycles. The zero-order valence-electron chi connectivity index (χ0n) is 40.5. The summed E-state index contributed by atoms with van der Waals surface area (Å²) >= 11 is 6.66.